The Balaban J connectivity index is 0.000000672. The van der Waals surface area contributed by atoms with E-state index in [0.29, 0.717) is 11.7 Å². The first kappa shape index (κ1) is 25.3. The van der Waals surface area contributed by atoms with E-state index >= 15 is 0 Å². The van der Waals surface area contributed by atoms with Crippen molar-refractivity contribution in [3.8, 4) is 0 Å². The molecule has 0 fully saturated rings. The summed E-state index contributed by atoms with van der Waals surface area (Å²) in [5.74, 6) is 0.871. The lowest BCUT2D eigenvalue weighted by Crippen LogP contribution is -2.34. The minimum absolute atomic E-state index is 0.173. The molecule has 0 radical (unpaired) electrons. The van der Waals surface area contributed by atoms with E-state index in [0.717, 1.165) is 49.1 Å². The Labute approximate surface area is 174 Å². The molecule has 0 aliphatic heterocycles. The van der Waals surface area contributed by atoms with Crippen molar-refractivity contribution in [1.29, 1.82) is 0 Å². The second-order valence-electron chi connectivity index (χ2n) is 6.53. The van der Waals surface area contributed by atoms with Crippen LogP contribution in [0, 0.1) is 6.92 Å². The summed E-state index contributed by atoms with van der Waals surface area (Å²) in [6.45, 7) is 2.49. The third-order valence-corrected chi connectivity index (χ3v) is 5.21. The zero-order chi connectivity index (χ0) is 22.7. The molecule has 2 aromatic rings. The first-order chi connectivity index (χ1) is 14.2. The number of nitrogens with one attached hydrogen (secondary N) is 2. The van der Waals surface area contributed by atoms with Gasteiger partial charge in [-0.2, -0.15) is 5.10 Å². The van der Waals surface area contributed by atoms with Crippen molar-refractivity contribution in [1.82, 2.24) is 25.0 Å². The van der Waals surface area contributed by atoms with Crippen LogP contribution in [0.5, 0.6) is 0 Å². The van der Waals surface area contributed by atoms with Crippen molar-refractivity contribution >= 4 is 23.0 Å². The number of aromatic nitrogens is 3. The largest absolute Gasteiger partial charge is 0.483 e. The van der Waals surface area contributed by atoms with Gasteiger partial charge in [0.2, 0.25) is 10.0 Å². The minimum atomic E-state index is -3.25. The van der Waals surface area contributed by atoms with Gasteiger partial charge in [-0.3, -0.25) is 14.3 Å². The molecule has 0 aromatic carbocycles. The fourth-order valence-electron chi connectivity index (χ4n) is 2.95. The van der Waals surface area contributed by atoms with Gasteiger partial charge in [-0.25, -0.2) is 13.1 Å². The highest BCUT2D eigenvalue weighted by Gasteiger charge is 2.26. The highest BCUT2D eigenvalue weighted by atomic mass is 32.2. The van der Waals surface area contributed by atoms with E-state index in [1.54, 1.807) is 0 Å². The van der Waals surface area contributed by atoms with Gasteiger partial charge in [-0.05, 0) is 19.8 Å². The maximum absolute atomic E-state index is 11.3. The van der Waals surface area contributed by atoms with E-state index in [1.165, 1.54) is 5.56 Å². The second-order valence-corrected chi connectivity index (χ2v) is 8.37. The molecule has 168 valence electrons. The van der Waals surface area contributed by atoms with Crippen LogP contribution in [-0.2, 0) is 52.6 Å². The fraction of sp³-hybridized carbons (Fsp3) is 0.529. The Hall–Kier alpha value is -2.77. The Morgan fingerprint density at radius 2 is 1.93 bits per heavy atom. The Bertz CT molecular complexity index is 917. The van der Waals surface area contributed by atoms with E-state index in [9.17, 15) is 8.42 Å². The fourth-order valence-corrected chi connectivity index (χ4v) is 3.35. The lowest BCUT2D eigenvalue weighted by Gasteiger charge is -2.22. The van der Waals surface area contributed by atoms with Gasteiger partial charge in [0.25, 0.3) is 12.9 Å². The predicted octanol–water partition coefficient (Wildman–Crippen LogP) is -0.186. The molecule has 1 unspecified atom stereocenters. The maximum Gasteiger partial charge on any atom is 0.290 e. The van der Waals surface area contributed by atoms with Crippen molar-refractivity contribution in [3.63, 3.8) is 0 Å². The standard InChI is InChI=1S/C15H23N5O3S.2CH2O2/c1-10-11(8-17-20(10)2)7-16-12-4-5-15-13(6-12)14(19-23-15)9-18-24(3,21)22;2*2-1-3/h8,12,16,18H,4-7,9H2,1-3H3;2*1H,(H,2,3). The average Bonchev–Trinajstić information content (AvgIpc) is 3.22. The molecule has 3 rings (SSSR count). The predicted molar refractivity (Wildman–Crippen MR) is 106 cm³/mol. The van der Waals surface area contributed by atoms with Crippen LogP contribution in [0.4, 0.5) is 0 Å². The number of sulfonamides is 1. The molecule has 12 nitrogen and oxygen atoms in total. The third kappa shape index (κ3) is 7.93. The topological polar surface area (TPSA) is 177 Å². The molecule has 0 amide bonds. The molecule has 1 atom stereocenters. The molecule has 13 heteroatoms. The summed E-state index contributed by atoms with van der Waals surface area (Å²) in [5.41, 5.74) is 4.05. The highest BCUT2D eigenvalue weighted by molar-refractivity contribution is 7.88. The second kappa shape index (κ2) is 12.0. The number of fused-ring (bicyclic) bond motifs is 1. The van der Waals surface area contributed by atoms with Crippen LogP contribution in [0.3, 0.4) is 0 Å². The van der Waals surface area contributed by atoms with Crippen LogP contribution >= 0.6 is 0 Å². The average molecular weight is 445 g/mol. The summed E-state index contributed by atoms with van der Waals surface area (Å²) in [7, 11) is -1.31. The molecule has 0 bridgehead atoms. The lowest BCUT2D eigenvalue weighted by molar-refractivity contribution is -0.123. The van der Waals surface area contributed by atoms with E-state index in [-0.39, 0.29) is 19.5 Å². The van der Waals surface area contributed by atoms with Crippen LogP contribution in [-0.4, -0.2) is 58.8 Å². The van der Waals surface area contributed by atoms with Crippen LogP contribution < -0.4 is 10.0 Å². The normalized spacial score (nSPS) is 15.1. The smallest absolute Gasteiger partial charge is 0.290 e. The van der Waals surface area contributed by atoms with Crippen molar-refractivity contribution in [2.45, 2.75) is 45.3 Å². The molecular weight excluding hydrogens is 418 g/mol. The van der Waals surface area contributed by atoms with Gasteiger partial charge >= 0.3 is 0 Å². The molecule has 0 saturated carbocycles. The van der Waals surface area contributed by atoms with Gasteiger partial charge in [0.15, 0.2) is 0 Å². The first-order valence-corrected chi connectivity index (χ1v) is 10.8. The Kier molecular flexibility index (Phi) is 10.1. The Morgan fingerprint density at radius 3 is 2.47 bits per heavy atom. The number of aryl methyl sites for hydroxylation is 2. The zero-order valence-corrected chi connectivity index (χ0v) is 17.8. The van der Waals surface area contributed by atoms with E-state index in [1.807, 2.05) is 17.9 Å². The molecule has 4 N–H and O–H groups in total. The van der Waals surface area contributed by atoms with E-state index in [4.69, 9.17) is 24.3 Å². The van der Waals surface area contributed by atoms with Crippen LogP contribution in [0.15, 0.2) is 10.7 Å². The highest BCUT2D eigenvalue weighted by Crippen LogP contribution is 2.25. The maximum atomic E-state index is 11.3. The summed E-state index contributed by atoms with van der Waals surface area (Å²) >= 11 is 0. The number of hydrogen-bond donors (Lipinski definition) is 4. The first-order valence-electron chi connectivity index (χ1n) is 8.94. The van der Waals surface area contributed by atoms with Gasteiger partial charge < -0.3 is 20.1 Å². The number of carboxylic acid groups (broad SMARTS) is 2. The molecule has 2 aromatic heterocycles. The quantitative estimate of drug-likeness (QED) is 0.436. The summed E-state index contributed by atoms with van der Waals surface area (Å²) < 4.78 is 32.2. The molecule has 2 heterocycles. The summed E-state index contributed by atoms with van der Waals surface area (Å²) in [6.07, 6.45) is 5.60. The van der Waals surface area contributed by atoms with Crippen molar-refractivity contribution < 1.29 is 32.7 Å². The minimum Gasteiger partial charge on any atom is -0.483 e. The molecule has 1 aliphatic rings. The van der Waals surface area contributed by atoms with Gasteiger partial charge in [0.05, 0.1) is 19.0 Å². The van der Waals surface area contributed by atoms with Crippen molar-refractivity contribution in [2.24, 2.45) is 7.05 Å². The van der Waals surface area contributed by atoms with Gasteiger partial charge in [0.1, 0.15) is 11.5 Å². The van der Waals surface area contributed by atoms with Crippen LogP contribution in [0.2, 0.25) is 0 Å². The molecule has 0 spiro atoms. The van der Waals surface area contributed by atoms with E-state index in [2.05, 4.69) is 27.2 Å². The van der Waals surface area contributed by atoms with E-state index < -0.39 is 10.0 Å². The molecular formula is C17H27N5O7S. The number of hydrogen-bond acceptors (Lipinski definition) is 8. The zero-order valence-electron chi connectivity index (χ0n) is 17.0. The summed E-state index contributed by atoms with van der Waals surface area (Å²) in [6, 6.07) is 0.313. The molecule has 30 heavy (non-hydrogen) atoms. The molecule has 1 aliphatic carbocycles. The number of carbonyl (C=O) groups is 2. The van der Waals surface area contributed by atoms with Gasteiger partial charge in [-0.15, -0.1) is 0 Å². The van der Waals surface area contributed by atoms with Gasteiger partial charge in [-0.1, -0.05) is 5.16 Å². The monoisotopic (exact) mass is 445 g/mol. The number of nitrogens with zero attached hydrogens (tertiary/aromatic N) is 3. The van der Waals surface area contributed by atoms with Crippen LogP contribution in [0.1, 0.15) is 34.7 Å². The molecule has 0 saturated heterocycles. The number of rotatable bonds is 6. The summed E-state index contributed by atoms with van der Waals surface area (Å²) in [4.78, 5) is 16.7. The SMILES string of the molecule is Cc1c(CNC2CCc3onc(CNS(C)(=O)=O)c3C2)cnn1C.O=CO.O=CO. The van der Waals surface area contributed by atoms with Crippen molar-refractivity contribution in [2.75, 3.05) is 6.26 Å². The third-order valence-electron chi connectivity index (χ3n) is 4.54. The van der Waals surface area contributed by atoms with Crippen LogP contribution in [0.25, 0.3) is 0 Å². The lowest BCUT2D eigenvalue weighted by atomic mass is 9.92. The Morgan fingerprint density at radius 1 is 1.30 bits per heavy atom. The van der Waals surface area contributed by atoms with Gasteiger partial charge in [0, 0.05) is 42.9 Å². The summed E-state index contributed by atoms with van der Waals surface area (Å²) in [5, 5.41) is 25.6. The van der Waals surface area contributed by atoms with Crippen molar-refractivity contribution in [3.05, 3.63) is 34.5 Å².